The minimum Gasteiger partial charge on any atom is -0.324 e. The highest BCUT2D eigenvalue weighted by Gasteiger charge is 2.26. The molecule has 4 aromatic rings. The predicted molar refractivity (Wildman–Crippen MR) is 115 cm³/mol. The van der Waals surface area contributed by atoms with E-state index in [2.05, 4.69) is 11.4 Å². The molecule has 0 aliphatic carbocycles. The van der Waals surface area contributed by atoms with E-state index in [9.17, 15) is 4.79 Å². The summed E-state index contributed by atoms with van der Waals surface area (Å²) in [5, 5.41) is 4.03. The van der Waals surface area contributed by atoms with Crippen molar-refractivity contribution >= 4 is 33.1 Å². The molecule has 0 aliphatic rings. The molecule has 1 atom stereocenters. The molecule has 1 aromatic heterocycles. The van der Waals surface area contributed by atoms with Gasteiger partial charge in [-0.1, -0.05) is 60.7 Å². The number of hydrogen-bond acceptors (Lipinski definition) is 4. The average molecular weight is 388 g/mol. The predicted octanol–water partition coefficient (Wildman–Crippen LogP) is 5.11. The standard InChI is InChI=1S/C23H21N3OS/c1-26(16-21-25-19-14-8-9-15-20(19)28-21)22(17-10-4-2-5-11-17)23(27)24-18-12-6-3-7-13-18/h2-15,22H,16H2,1H3,(H,24,27). The van der Waals surface area contributed by atoms with Crippen molar-refractivity contribution in [2.75, 3.05) is 12.4 Å². The van der Waals surface area contributed by atoms with Gasteiger partial charge in [-0.2, -0.15) is 0 Å². The van der Waals surface area contributed by atoms with Gasteiger partial charge < -0.3 is 5.32 Å². The van der Waals surface area contributed by atoms with Crippen LogP contribution in [0.1, 0.15) is 16.6 Å². The van der Waals surface area contributed by atoms with E-state index in [0.29, 0.717) is 6.54 Å². The number of thiazole rings is 1. The van der Waals surface area contributed by atoms with Gasteiger partial charge in [-0.05, 0) is 36.9 Å². The number of rotatable bonds is 6. The van der Waals surface area contributed by atoms with Gasteiger partial charge in [0.1, 0.15) is 11.0 Å². The van der Waals surface area contributed by atoms with Gasteiger partial charge in [-0.25, -0.2) is 4.98 Å². The van der Waals surface area contributed by atoms with Crippen molar-refractivity contribution in [1.82, 2.24) is 9.88 Å². The highest BCUT2D eigenvalue weighted by atomic mass is 32.1. The van der Waals surface area contributed by atoms with Crippen LogP contribution < -0.4 is 5.32 Å². The lowest BCUT2D eigenvalue weighted by Crippen LogP contribution is -2.34. The molecule has 1 heterocycles. The van der Waals surface area contributed by atoms with Crippen molar-refractivity contribution in [3.63, 3.8) is 0 Å². The molecule has 1 amide bonds. The number of para-hydroxylation sites is 2. The molecule has 140 valence electrons. The lowest BCUT2D eigenvalue weighted by Gasteiger charge is -2.27. The summed E-state index contributed by atoms with van der Waals surface area (Å²) < 4.78 is 1.16. The van der Waals surface area contributed by atoms with Crippen LogP contribution in [0.4, 0.5) is 5.69 Å². The van der Waals surface area contributed by atoms with Gasteiger partial charge in [0.15, 0.2) is 0 Å². The van der Waals surface area contributed by atoms with Crippen LogP contribution in [0.3, 0.4) is 0 Å². The number of benzene rings is 3. The van der Waals surface area contributed by atoms with Crippen molar-refractivity contribution in [2.24, 2.45) is 0 Å². The Morgan fingerprint density at radius 3 is 2.32 bits per heavy atom. The molecule has 0 radical (unpaired) electrons. The Labute approximate surface area is 168 Å². The van der Waals surface area contributed by atoms with E-state index in [1.165, 1.54) is 0 Å². The maximum atomic E-state index is 13.1. The Morgan fingerprint density at radius 1 is 0.964 bits per heavy atom. The summed E-state index contributed by atoms with van der Waals surface area (Å²) in [7, 11) is 1.97. The Hall–Kier alpha value is -3.02. The first-order chi connectivity index (χ1) is 13.7. The third-order valence-corrected chi connectivity index (χ3v) is 5.59. The summed E-state index contributed by atoms with van der Waals surface area (Å²) >= 11 is 1.67. The van der Waals surface area contributed by atoms with Gasteiger partial charge in [0.05, 0.1) is 16.8 Å². The largest absolute Gasteiger partial charge is 0.324 e. The zero-order valence-electron chi connectivity index (χ0n) is 15.6. The first-order valence-corrected chi connectivity index (χ1v) is 9.98. The van der Waals surface area contributed by atoms with E-state index in [0.717, 1.165) is 26.5 Å². The summed E-state index contributed by atoms with van der Waals surface area (Å²) in [6.45, 7) is 0.598. The van der Waals surface area contributed by atoms with Crippen LogP contribution >= 0.6 is 11.3 Å². The molecular weight excluding hydrogens is 366 g/mol. The first-order valence-electron chi connectivity index (χ1n) is 9.16. The molecule has 0 aliphatic heterocycles. The lowest BCUT2D eigenvalue weighted by atomic mass is 10.0. The van der Waals surface area contributed by atoms with E-state index in [1.807, 2.05) is 90.8 Å². The molecule has 28 heavy (non-hydrogen) atoms. The Bertz CT molecular complexity index is 1030. The fraction of sp³-hybridized carbons (Fsp3) is 0.130. The summed E-state index contributed by atoms with van der Waals surface area (Å²) in [6, 6.07) is 27.1. The first kappa shape index (κ1) is 18.3. The highest BCUT2D eigenvalue weighted by Crippen LogP contribution is 2.27. The van der Waals surface area contributed by atoms with E-state index >= 15 is 0 Å². The number of fused-ring (bicyclic) bond motifs is 1. The van der Waals surface area contributed by atoms with Gasteiger partial charge in [-0.3, -0.25) is 9.69 Å². The minimum atomic E-state index is -0.409. The van der Waals surface area contributed by atoms with Crippen LogP contribution in [-0.2, 0) is 11.3 Å². The minimum absolute atomic E-state index is 0.0546. The molecular formula is C23H21N3OS. The summed E-state index contributed by atoms with van der Waals surface area (Å²) in [5.41, 5.74) is 2.75. The van der Waals surface area contributed by atoms with Crippen LogP contribution in [0.2, 0.25) is 0 Å². The van der Waals surface area contributed by atoms with Gasteiger partial charge >= 0.3 is 0 Å². The van der Waals surface area contributed by atoms with Crippen molar-refractivity contribution in [1.29, 1.82) is 0 Å². The summed E-state index contributed by atoms with van der Waals surface area (Å²) in [6.07, 6.45) is 0. The van der Waals surface area contributed by atoms with Crippen LogP contribution in [0.25, 0.3) is 10.2 Å². The van der Waals surface area contributed by atoms with Crippen molar-refractivity contribution < 1.29 is 4.79 Å². The molecule has 0 saturated carbocycles. The number of anilines is 1. The van der Waals surface area contributed by atoms with Gasteiger partial charge in [0.2, 0.25) is 5.91 Å². The molecule has 0 fully saturated rings. The second-order valence-corrected chi connectivity index (χ2v) is 7.77. The zero-order valence-corrected chi connectivity index (χ0v) is 16.4. The summed E-state index contributed by atoms with van der Waals surface area (Å²) in [5.74, 6) is -0.0546. The van der Waals surface area contributed by atoms with E-state index in [-0.39, 0.29) is 5.91 Å². The fourth-order valence-corrected chi connectivity index (χ4v) is 4.30. The monoisotopic (exact) mass is 387 g/mol. The maximum Gasteiger partial charge on any atom is 0.246 e. The van der Waals surface area contributed by atoms with Crippen LogP contribution in [0.5, 0.6) is 0 Å². The third-order valence-electron chi connectivity index (χ3n) is 4.57. The lowest BCUT2D eigenvalue weighted by molar-refractivity contribution is -0.121. The van der Waals surface area contributed by atoms with Gasteiger partial charge in [0.25, 0.3) is 0 Å². The number of likely N-dealkylation sites (N-methyl/N-ethyl adjacent to an activating group) is 1. The van der Waals surface area contributed by atoms with Crippen LogP contribution in [0.15, 0.2) is 84.9 Å². The Kier molecular flexibility index (Phi) is 5.46. The number of carbonyl (C=O) groups excluding carboxylic acids is 1. The zero-order chi connectivity index (χ0) is 19.3. The quantitative estimate of drug-likeness (QED) is 0.500. The molecule has 5 heteroatoms. The smallest absolute Gasteiger partial charge is 0.246 e. The summed E-state index contributed by atoms with van der Waals surface area (Å²) in [4.78, 5) is 19.9. The second kappa shape index (κ2) is 8.33. The SMILES string of the molecule is CN(Cc1nc2ccccc2s1)C(C(=O)Nc1ccccc1)c1ccccc1. The molecule has 1 unspecified atom stereocenters. The number of hydrogen-bond donors (Lipinski definition) is 1. The highest BCUT2D eigenvalue weighted by molar-refractivity contribution is 7.18. The number of aromatic nitrogens is 1. The molecule has 1 N–H and O–H groups in total. The molecule has 4 rings (SSSR count). The maximum absolute atomic E-state index is 13.1. The van der Waals surface area contributed by atoms with Gasteiger partial charge in [0, 0.05) is 5.69 Å². The number of amides is 1. The number of nitrogens with one attached hydrogen (secondary N) is 1. The van der Waals surface area contributed by atoms with E-state index < -0.39 is 6.04 Å². The van der Waals surface area contributed by atoms with E-state index in [4.69, 9.17) is 4.98 Å². The fourth-order valence-electron chi connectivity index (χ4n) is 3.27. The molecule has 3 aromatic carbocycles. The van der Waals surface area contributed by atoms with E-state index in [1.54, 1.807) is 11.3 Å². The molecule has 0 spiro atoms. The average Bonchev–Trinajstić information content (AvgIpc) is 3.12. The van der Waals surface area contributed by atoms with Crippen LogP contribution in [0, 0.1) is 0 Å². The van der Waals surface area contributed by atoms with Crippen molar-refractivity contribution in [2.45, 2.75) is 12.6 Å². The number of nitrogens with zero attached hydrogens (tertiary/aromatic N) is 2. The molecule has 0 saturated heterocycles. The number of carbonyl (C=O) groups is 1. The normalized spacial score (nSPS) is 12.2. The van der Waals surface area contributed by atoms with Crippen molar-refractivity contribution in [3.8, 4) is 0 Å². The van der Waals surface area contributed by atoms with Crippen molar-refractivity contribution in [3.05, 3.63) is 95.5 Å². The Balaban J connectivity index is 1.59. The third kappa shape index (κ3) is 4.11. The second-order valence-electron chi connectivity index (χ2n) is 6.66. The Morgan fingerprint density at radius 2 is 1.61 bits per heavy atom. The van der Waals surface area contributed by atoms with Gasteiger partial charge in [-0.15, -0.1) is 11.3 Å². The molecule has 4 nitrogen and oxygen atoms in total. The van der Waals surface area contributed by atoms with Crippen LogP contribution in [-0.4, -0.2) is 22.8 Å². The topological polar surface area (TPSA) is 45.2 Å². The molecule has 0 bridgehead atoms.